The monoisotopic (exact) mass is 505 g/mol. The predicted molar refractivity (Wildman–Crippen MR) is 141 cm³/mol. The number of ether oxygens (including phenoxy) is 2. The van der Waals surface area contributed by atoms with Gasteiger partial charge in [-0.1, -0.05) is 19.1 Å². The Morgan fingerprint density at radius 1 is 1.16 bits per heavy atom. The minimum absolute atomic E-state index is 0.111. The van der Waals surface area contributed by atoms with E-state index in [4.69, 9.17) is 9.47 Å². The third-order valence-corrected chi connectivity index (χ3v) is 8.15. The number of H-pyrrole nitrogens is 1. The number of aromatic hydroxyl groups is 1. The molecule has 1 saturated heterocycles. The van der Waals surface area contributed by atoms with E-state index in [-0.39, 0.29) is 29.4 Å². The van der Waals surface area contributed by atoms with E-state index in [0.29, 0.717) is 45.5 Å². The molecule has 2 heterocycles. The Hall–Kier alpha value is -3.36. The molecule has 0 radical (unpaired) electrons. The topological polar surface area (TPSA) is 104 Å². The van der Waals surface area contributed by atoms with E-state index >= 15 is 0 Å². The number of hydrogen-bond acceptors (Lipinski definition) is 6. The summed E-state index contributed by atoms with van der Waals surface area (Å²) < 4.78 is 10.6. The zero-order chi connectivity index (χ0) is 26.2. The van der Waals surface area contributed by atoms with Crippen LogP contribution in [0.3, 0.4) is 0 Å². The number of hydrogen-bond donors (Lipinski definition) is 3. The Bertz CT molecular complexity index is 1320. The van der Waals surface area contributed by atoms with Gasteiger partial charge in [-0.05, 0) is 60.2 Å². The number of carbonyl (C=O) groups is 2. The average molecular weight is 506 g/mol. The van der Waals surface area contributed by atoms with Crippen LogP contribution in [0.2, 0.25) is 0 Å². The summed E-state index contributed by atoms with van der Waals surface area (Å²) in [4.78, 5) is 32.5. The number of likely N-dealkylation sites (tertiary alicyclic amines) is 1. The zero-order valence-electron chi connectivity index (χ0n) is 21.7. The Morgan fingerprint density at radius 3 is 2.76 bits per heavy atom. The molecular weight excluding hydrogens is 470 g/mol. The molecule has 3 N–H and O–H groups in total. The molecule has 37 heavy (non-hydrogen) atoms. The van der Waals surface area contributed by atoms with Crippen molar-refractivity contribution in [3.8, 4) is 11.5 Å². The van der Waals surface area contributed by atoms with Crippen LogP contribution in [0, 0.1) is 11.3 Å². The number of phenolic OH excluding ortho intramolecular Hbond substituents is 1. The summed E-state index contributed by atoms with van der Waals surface area (Å²) in [5.74, 6) is 0.404. The minimum Gasteiger partial charge on any atom is -0.508 e. The van der Waals surface area contributed by atoms with E-state index < -0.39 is 5.41 Å². The van der Waals surface area contributed by atoms with Crippen molar-refractivity contribution in [1.29, 1.82) is 0 Å². The first-order valence-corrected chi connectivity index (χ1v) is 12.9. The fourth-order valence-corrected chi connectivity index (χ4v) is 6.29. The van der Waals surface area contributed by atoms with Crippen LogP contribution in [0.5, 0.6) is 11.5 Å². The van der Waals surface area contributed by atoms with Crippen molar-refractivity contribution in [2.45, 2.75) is 32.1 Å². The lowest BCUT2D eigenvalue weighted by molar-refractivity contribution is -0.151. The maximum atomic E-state index is 14.2. The van der Waals surface area contributed by atoms with Gasteiger partial charge >= 0.3 is 0 Å². The van der Waals surface area contributed by atoms with E-state index in [1.165, 1.54) is 4.90 Å². The molecule has 0 bridgehead atoms. The number of phenols is 1. The number of rotatable bonds is 8. The van der Waals surface area contributed by atoms with Crippen LogP contribution in [-0.4, -0.2) is 67.3 Å². The normalized spacial score (nSPS) is 23.6. The molecule has 2 amide bonds. The zero-order valence-corrected chi connectivity index (χ0v) is 21.7. The van der Waals surface area contributed by atoms with Gasteiger partial charge in [-0.15, -0.1) is 0 Å². The Morgan fingerprint density at radius 2 is 2.00 bits per heavy atom. The van der Waals surface area contributed by atoms with Crippen molar-refractivity contribution in [1.82, 2.24) is 15.2 Å². The molecule has 2 aliphatic rings. The number of carbonyl (C=O) groups excluding carboxylic acids is 2. The SMILES string of the molecule is COCCNCCN1C(=O)CCC2[C@H](c3cccc(O)c3)c3[nH]c4ccc(OC)cc4c3C[C@@]2(C)C1=O. The van der Waals surface area contributed by atoms with E-state index in [0.717, 1.165) is 33.5 Å². The summed E-state index contributed by atoms with van der Waals surface area (Å²) >= 11 is 0. The molecule has 1 aliphatic carbocycles. The maximum absolute atomic E-state index is 14.2. The highest BCUT2D eigenvalue weighted by atomic mass is 16.5. The third-order valence-electron chi connectivity index (χ3n) is 8.15. The second kappa shape index (κ2) is 10.2. The van der Waals surface area contributed by atoms with Gasteiger partial charge in [0.2, 0.25) is 11.8 Å². The number of aromatic nitrogens is 1. The summed E-state index contributed by atoms with van der Waals surface area (Å²) in [5, 5.41) is 14.6. The second-order valence-electron chi connectivity index (χ2n) is 10.3. The number of aromatic amines is 1. The van der Waals surface area contributed by atoms with Gasteiger partial charge in [0.1, 0.15) is 11.5 Å². The summed E-state index contributed by atoms with van der Waals surface area (Å²) in [6.07, 6.45) is 1.42. The van der Waals surface area contributed by atoms with Crippen molar-refractivity contribution in [2.24, 2.45) is 11.3 Å². The number of fused-ring (bicyclic) bond motifs is 4. The molecule has 1 fully saturated rings. The minimum atomic E-state index is -0.792. The van der Waals surface area contributed by atoms with Gasteiger partial charge in [-0.3, -0.25) is 14.5 Å². The van der Waals surface area contributed by atoms with Crippen molar-refractivity contribution in [2.75, 3.05) is 40.5 Å². The molecule has 8 heteroatoms. The number of nitrogens with zero attached hydrogens (tertiary/aromatic N) is 1. The van der Waals surface area contributed by atoms with Crippen LogP contribution in [0.4, 0.5) is 0 Å². The molecule has 0 saturated carbocycles. The number of methoxy groups -OCH3 is 2. The highest BCUT2D eigenvalue weighted by Gasteiger charge is 2.54. The van der Waals surface area contributed by atoms with Crippen LogP contribution in [0.15, 0.2) is 42.5 Å². The number of amides is 2. The molecule has 3 aromatic rings. The van der Waals surface area contributed by atoms with Crippen molar-refractivity contribution in [3.63, 3.8) is 0 Å². The molecule has 1 aliphatic heterocycles. The lowest BCUT2D eigenvalue weighted by Gasteiger charge is -2.45. The highest BCUT2D eigenvalue weighted by molar-refractivity contribution is 6.00. The van der Waals surface area contributed by atoms with E-state index in [1.807, 2.05) is 37.3 Å². The Labute approximate surface area is 216 Å². The van der Waals surface area contributed by atoms with E-state index in [1.54, 1.807) is 26.4 Å². The van der Waals surface area contributed by atoms with Crippen LogP contribution >= 0.6 is 0 Å². The van der Waals surface area contributed by atoms with Gasteiger partial charge in [0.05, 0.1) is 19.1 Å². The van der Waals surface area contributed by atoms with Crippen LogP contribution < -0.4 is 10.1 Å². The molecule has 1 aromatic heterocycles. The first-order valence-electron chi connectivity index (χ1n) is 12.9. The molecule has 1 unspecified atom stereocenters. The number of benzene rings is 2. The lowest BCUT2D eigenvalue weighted by atomic mass is 9.59. The van der Waals surface area contributed by atoms with Crippen LogP contribution in [-0.2, 0) is 20.7 Å². The molecule has 0 spiro atoms. The standard InChI is InChI=1S/C29H35N3O5/c1-29-17-22-21-16-20(37-3)7-9-24(21)31-27(22)26(18-5-4-6-19(33)15-18)23(29)8-10-25(34)32(28(29)35)13-11-30-12-14-36-2/h4-7,9,15-16,23,26,30-31,33H,8,10-14,17H2,1-3H3/t23?,26-,29+/m0/s1. The van der Waals surface area contributed by atoms with Crippen molar-refractivity contribution in [3.05, 3.63) is 59.3 Å². The molecule has 5 rings (SSSR count). The smallest absolute Gasteiger partial charge is 0.235 e. The molecular formula is C29H35N3O5. The third kappa shape index (κ3) is 4.49. The van der Waals surface area contributed by atoms with Gasteiger partial charge in [0.25, 0.3) is 0 Å². The van der Waals surface area contributed by atoms with E-state index in [9.17, 15) is 14.7 Å². The summed E-state index contributed by atoms with van der Waals surface area (Å²) in [7, 11) is 3.29. The van der Waals surface area contributed by atoms with Crippen LogP contribution in [0.1, 0.15) is 42.5 Å². The number of nitrogens with one attached hydrogen (secondary N) is 2. The van der Waals surface area contributed by atoms with Gasteiger partial charge in [-0.25, -0.2) is 0 Å². The van der Waals surface area contributed by atoms with Gasteiger partial charge in [0, 0.05) is 55.7 Å². The first-order chi connectivity index (χ1) is 17.9. The summed E-state index contributed by atoms with van der Waals surface area (Å²) in [6.45, 7) is 4.09. The predicted octanol–water partition coefficient (Wildman–Crippen LogP) is 3.58. The fraction of sp³-hybridized carbons (Fsp3) is 0.448. The van der Waals surface area contributed by atoms with Crippen molar-refractivity contribution >= 4 is 22.7 Å². The quantitative estimate of drug-likeness (QED) is 0.319. The number of imide groups is 1. The molecule has 2 aromatic carbocycles. The molecule has 3 atom stereocenters. The van der Waals surface area contributed by atoms with Gasteiger partial charge in [0.15, 0.2) is 0 Å². The summed E-state index contributed by atoms with van der Waals surface area (Å²) in [6, 6.07) is 13.2. The maximum Gasteiger partial charge on any atom is 0.235 e. The highest BCUT2D eigenvalue weighted by Crippen LogP contribution is 2.55. The Kier molecular flexibility index (Phi) is 6.96. The molecule has 8 nitrogen and oxygen atoms in total. The van der Waals surface area contributed by atoms with Gasteiger partial charge in [-0.2, -0.15) is 0 Å². The second-order valence-corrected chi connectivity index (χ2v) is 10.3. The lowest BCUT2D eigenvalue weighted by Crippen LogP contribution is -2.51. The van der Waals surface area contributed by atoms with Gasteiger partial charge < -0.3 is 24.9 Å². The van der Waals surface area contributed by atoms with E-state index in [2.05, 4.69) is 10.3 Å². The average Bonchev–Trinajstić information content (AvgIpc) is 3.21. The Balaban J connectivity index is 1.60. The first kappa shape index (κ1) is 25.3. The van der Waals surface area contributed by atoms with Crippen molar-refractivity contribution < 1.29 is 24.2 Å². The summed E-state index contributed by atoms with van der Waals surface area (Å²) in [5.41, 5.74) is 3.25. The largest absolute Gasteiger partial charge is 0.508 e. The van der Waals surface area contributed by atoms with Crippen LogP contribution in [0.25, 0.3) is 10.9 Å². The molecule has 196 valence electrons. The fourth-order valence-electron chi connectivity index (χ4n) is 6.29.